The molecule has 0 spiro atoms. The van der Waals surface area contributed by atoms with E-state index in [-0.39, 0.29) is 6.04 Å². The predicted molar refractivity (Wildman–Crippen MR) is 74.5 cm³/mol. The first-order chi connectivity index (χ1) is 8.72. The molecule has 1 atom stereocenters. The molecule has 1 aromatic heterocycles. The van der Waals surface area contributed by atoms with Gasteiger partial charge in [-0.2, -0.15) is 0 Å². The van der Waals surface area contributed by atoms with Crippen molar-refractivity contribution in [3.63, 3.8) is 0 Å². The molecule has 1 unspecified atom stereocenters. The van der Waals surface area contributed by atoms with E-state index in [0.717, 1.165) is 17.7 Å². The van der Waals surface area contributed by atoms with Crippen molar-refractivity contribution >= 4 is 5.82 Å². The van der Waals surface area contributed by atoms with Crippen molar-refractivity contribution in [1.29, 1.82) is 0 Å². The Hall–Kier alpha value is -1.09. The van der Waals surface area contributed by atoms with Crippen LogP contribution in [0, 0.1) is 11.8 Å². The number of nitrogens with zero attached hydrogens (tertiary/aromatic N) is 2. The Bertz CT molecular complexity index is 394. The number of rotatable bonds is 6. The first-order valence-electron chi connectivity index (χ1n) is 7.19. The molecule has 2 aliphatic carbocycles. The second kappa shape index (κ2) is 4.88. The zero-order chi connectivity index (χ0) is 12.5. The van der Waals surface area contributed by atoms with Crippen LogP contribution in [0.1, 0.15) is 44.2 Å². The second-order valence-corrected chi connectivity index (χ2v) is 6.03. The van der Waals surface area contributed by atoms with E-state index in [2.05, 4.69) is 16.0 Å². The predicted octanol–water partition coefficient (Wildman–Crippen LogP) is 2.73. The van der Waals surface area contributed by atoms with Crippen LogP contribution in [0.2, 0.25) is 0 Å². The largest absolute Gasteiger partial charge is 0.356 e. The van der Waals surface area contributed by atoms with Gasteiger partial charge in [-0.15, -0.1) is 0 Å². The standard InChI is InChI=1S/C15H23N3/c1-11(16)14-6-7-17-15(8-14)18(9-12-2-3-12)10-13-4-5-13/h6-8,11-13H,2-5,9-10,16H2,1H3. The Morgan fingerprint density at radius 3 is 2.39 bits per heavy atom. The number of pyridine rings is 1. The SMILES string of the molecule is CC(N)c1ccnc(N(CC2CC2)CC2CC2)c1. The van der Waals surface area contributed by atoms with Crippen LogP contribution in [0.4, 0.5) is 5.82 Å². The van der Waals surface area contributed by atoms with E-state index < -0.39 is 0 Å². The zero-order valence-corrected chi connectivity index (χ0v) is 11.2. The third-order valence-electron chi connectivity index (χ3n) is 3.97. The van der Waals surface area contributed by atoms with Crippen LogP contribution in [0.3, 0.4) is 0 Å². The van der Waals surface area contributed by atoms with Crippen LogP contribution in [0.25, 0.3) is 0 Å². The van der Waals surface area contributed by atoms with Gasteiger partial charge in [-0.1, -0.05) is 0 Å². The van der Waals surface area contributed by atoms with Crippen LogP contribution in [-0.2, 0) is 0 Å². The number of nitrogens with two attached hydrogens (primary N) is 1. The molecule has 0 radical (unpaired) electrons. The van der Waals surface area contributed by atoms with Crippen molar-refractivity contribution in [2.75, 3.05) is 18.0 Å². The van der Waals surface area contributed by atoms with Gasteiger partial charge in [0.15, 0.2) is 0 Å². The summed E-state index contributed by atoms with van der Waals surface area (Å²) in [5.41, 5.74) is 7.15. The van der Waals surface area contributed by atoms with E-state index in [1.807, 2.05) is 19.2 Å². The summed E-state index contributed by atoms with van der Waals surface area (Å²) in [5, 5.41) is 0. The van der Waals surface area contributed by atoms with Gasteiger partial charge >= 0.3 is 0 Å². The second-order valence-electron chi connectivity index (χ2n) is 6.03. The summed E-state index contributed by atoms with van der Waals surface area (Å²) in [6, 6.07) is 4.30. The lowest BCUT2D eigenvalue weighted by Crippen LogP contribution is -2.29. The molecule has 98 valence electrons. The summed E-state index contributed by atoms with van der Waals surface area (Å²) in [6.07, 6.45) is 7.49. The fraction of sp³-hybridized carbons (Fsp3) is 0.667. The van der Waals surface area contributed by atoms with Gasteiger partial charge in [0.05, 0.1) is 0 Å². The molecule has 3 heteroatoms. The molecule has 0 amide bonds. The summed E-state index contributed by atoms with van der Waals surface area (Å²) in [6.45, 7) is 4.41. The van der Waals surface area contributed by atoms with Gasteiger partial charge in [-0.3, -0.25) is 0 Å². The Labute approximate surface area is 109 Å². The van der Waals surface area contributed by atoms with E-state index in [9.17, 15) is 0 Å². The summed E-state index contributed by atoms with van der Waals surface area (Å²) >= 11 is 0. The smallest absolute Gasteiger partial charge is 0.128 e. The Morgan fingerprint density at radius 1 is 1.28 bits per heavy atom. The Morgan fingerprint density at radius 2 is 1.89 bits per heavy atom. The molecule has 0 saturated heterocycles. The Balaban J connectivity index is 1.75. The third kappa shape index (κ3) is 3.02. The van der Waals surface area contributed by atoms with E-state index in [1.165, 1.54) is 44.3 Å². The monoisotopic (exact) mass is 245 g/mol. The molecule has 3 rings (SSSR count). The first kappa shape index (κ1) is 12.0. The molecule has 2 N–H and O–H groups in total. The highest BCUT2D eigenvalue weighted by Crippen LogP contribution is 2.35. The van der Waals surface area contributed by atoms with E-state index >= 15 is 0 Å². The maximum absolute atomic E-state index is 5.96. The number of aromatic nitrogens is 1. The third-order valence-corrected chi connectivity index (χ3v) is 3.97. The number of hydrogen-bond acceptors (Lipinski definition) is 3. The van der Waals surface area contributed by atoms with Crippen LogP contribution < -0.4 is 10.6 Å². The fourth-order valence-corrected chi connectivity index (χ4v) is 2.38. The average molecular weight is 245 g/mol. The molecule has 1 heterocycles. The highest BCUT2D eigenvalue weighted by molar-refractivity contribution is 5.42. The van der Waals surface area contributed by atoms with Crippen molar-refractivity contribution in [3.8, 4) is 0 Å². The van der Waals surface area contributed by atoms with Crippen molar-refractivity contribution in [2.45, 2.75) is 38.6 Å². The van der Waals surface area contributed by atoms with E-state index in [4.69, 9.17) is 5.73 Å². The van der Waals surface area contributed by atoms with Crippen molar-refractivity contribution < 1.29 is 0 Å². The highest BCUT2D eigenvalue weighted by Gasteiger charge is 2.29. The normalized spacial score (nSPS) is 20.8. The van der Waals surface area contributed by atoms with Gasteiger partial charge < -0.3 is 10.6 Å². The Kier molecular flexibility index (Phi) is 3.25. The van der Waals surface area contributed by atoms with E-state index in [1.54, 1.807) is 0 Å². The topological polar surface area (TPSA) is 42.1 Å². The lowest BCUT2D eigenvalue weighted by molar-refractivity contribution is 0.670. The summed E-state index contributed by atoms with van der Waals surface area (Å²) < 4.78 is 0. The molecular formula is C15H23N3. The maximum Gasteiger partial charge on any atom is 0.128 e. The summed E-state index contributed by atoms with van der Waals surface area (Å²) in [7, 11) is 0. The minimum atomic E-state index is 0.0930. The maximum atomic E-state index is 5.96. The summed E-state index contributed by atoms with van der Waals surface area (Å²) in [5.74, 6) is 2.94. The minimum Gasteiger partial charge on any atom is -0.356 e. The van der Waals surface area contributed by atoms with E-state index in [0.29, 0.717) is 0 Å². The lowest BCUT2D eigenvalue weighted by atomic mass is 10.1. The zero-order valence-electron chi connectivity index (χ0n) is 11.2. The highest BCUT2D eigenvalue weighted by atomic mass is 15.2. The number of hydrogen-bond donors (Lipinski definition) is 1. The first-order valence-corrected chi connectivity index (χ1v) is 7.19. The molecule has 18 heavy (non-hydrogen) atoms. The molecule has 0 bridgehead atoms. The van der Waals surface area contributed by atoms with Crippen LogP contribution in [0.15, 0.2) is 18.3 Å². The van der Waals surface area contributed by atoms with Gasteiger partial charge in [0.1, 0.15) is 5.82 Å². The van der Waals surface area contributed by atoms with Gasteiger partial charge in [-0.25, -0.2) is 4.98 Å². The van der Waals surface area contributed by atoms with Gasteiger partial charge in [0, 0.05) is 25.3 Å². The average Bonchev–Trinajstić information content (AvgIpc) is 3.23. The molecule has 0 aromatic carbocycles. The minimum absolute atomic E-state index is 0.0930. The fourth-order valence-electron chi connectivity index (χ4n) is 2.38. The van der Waals surface area contributed by atoms with Gasteiger partial charge in [0.25, 0.3) is 0 Å². The molecular weight excluding hydrogens is 222 g/mol. The molecule has 2 fully saturated rings. The van der Waals surface area contributed by atoms with Crippen LogP contribution >= 0.6 is 0 Å². The molecule has 1 aromatic rings. The lowest BCUT2D eigenvalue weighted by Gasteiger charge is -2.24. The molecule has 2 saturated carbocycles. The molecule has 3 nitrogen and oxygen atoms in total. The molecule has 2 aliphatic rings. The van der Waals surface area contributed by atoms with Crippen LogP contribution in [0.5, 0.6) is 0 Å². The van der Waals surface area contributed by atoms with Gasteiger partial charge in [0.2, 0.25) is 0 Å². The van der Waals surface area contributed by atoms with Gasteiger partial charge in [-0.05, 0) is 62.1 Å². The van der Waals surface area contributed by atoms with Crippen LogP contribution in [-0.4, -0.2) is 18.1 Å². The van der Waals surface area contributed by atoms with Crippen molar-refractivity contribution in [2.24, 2.45) is 17.6 Å². The summed E-state index contributed by atoms with van der Waals surface area (Å²) in [4.78, 5) is 7.04. The van der Waals surface area contributed by atoms with Crippen molar-refractivity contribution in [1.82, 2.24) is 4.98 Å². The number of anilines is 1. The quantitative estimate of drug-likeness (QED) is 0.838. The van der Waals surface area contributed by atoms with Crippen molar-refractivity contribution in [3.05, 3.63) is 23.9 Å². The molecule has 0 aliphatic heterocycles.